The predicted molar refractivity (Wildman–Crippen MR) is 87.9 cm³/mol. The highest BCUT2D eigenvalue weighted by molar-refractivity contribution is 5.85. The molecule has 0 fully saturated rings. The molecule has 2 aromatic carbocycles. The van der Waals surface area contributed by atoms with Crippen LogP contribution in [0.4, 0.5) is 17.1 Å². The highest BCUT2D eigenvalue weighted by atomic mass is 35.5. The molecule has 2 aromatic rings. The monoisotopic (exact) mass is 289 g/mol. The Morgan fingerprint density at radius 2 is 1.25 bits per heavy atom. The number of azo groups is 1. The van der Waals surface area contributed by atoms with E-state index in [9.17, 15) is 0 Å². The van der Waals surface area contributed by atoms with Gasteiger partial charge in [-0.3, -0.25) is 0 Å². The van der Waals surface area contributed by atoms with Gasteiger partial charge < -0.3 is 4.90 Å². The van der Waals surface area contributed by atoms with Gasteiger partial charge in [0.25, 0.3) is 0 Å². The molecule has 3 nitrogen and oxygen atoms in total. The standard InChI is InChI=1S/C16H19N3.ClH/c1-3-19(4-2)16-12-10-15(11-13-16)18-17-14-8-6-5-7-9-14;/h5-13H,3-4H2,1-2H3;1H. The maximum absolute atomic E-state index is 4.24. The molecule has 4 heteroatoms. The molecule has 2 rings (SSSR count). The number of benzene rings is 2. The first kappa shape index (κ1) is 16.2. The van der Waals surface area contributed by atoms with E-state index in [1.54, 1.807) is 0 Å². The van der Waals surface area contributed by atoms with Gasteiger partial charge in [0.2, 0.25) is 0 Å². The second kappa shape index (κ2) is 8.33. The van der Waals surface area contributed by atoms with Crippen molar-refractivity contribution >= 4 is 29.5 Å². The zero-order chi connectivity index (χ0) is 13.5. The van der Waals surface area contributed by atoms with Crippen LogP contribution in [0, 0.1) is 0 Å². The van der Waals surface area contributed by atoms with Gasteiger partial charge in [0, 0.05) is 18.8 Å². The number of halogens is 1. The van der Waals surface area contributed by atoms with Crippen LogP contribution in [0.3, 0.4) is 0 Å². The maximum atomic E-state index is 4.24. The molecule has 0 N–H and O–H groups in total. The van der Waals surface area contributed by atoms with E-state index >= 15 is 0 Å². The van der Waals surface area contributed by atoms with Gasteiger partial charge in [-0.05, 0) is 50.2 Å². The molecule has 0 aliphatic carbocycles. The third-order valence-electron chi connectivity index (χ3n) is 3.02. The van der Waals surface area contributed by atoms with Gasteiger partial charge in [-0.15, -0.1) is 12.4 Å². The molecule has 0 amide bonds. The summed E-state index contributed by atoms with van der Waals surface area (Å²) in [5, 5.41) is 8.44. The lowest BCUT2D eigenvalue weighted by Crippen LogP contribution is -2.21. The van der Waals surface area contributed by atoms with Crippen molar-refractivity contribution in [3.05, 3.63) is 54.6 Å². The van der Waals surface area contributed by atoms with Crippen molar-refractivity contribution in [2.24, 2.45) is 10.2 Å². The van der Waals surface area contributed by atoms with Gasteiger partial charge in [0.05, 0.1) is 11.4 Å². The van der Waals surface area contributed by atoms with E-state index in [1.807, 2.05) is 42.5 Å². The second-order valence-electron chi connectivity index (χ2n) is 4.22. The lowest BCUT2D eigenvalue weighted by Gasteiger charge is -2.20. The molecule has 0 spiro atoms. The highest BCUT2D eigenvalue weighted by Gasteiger charge is 2.00. The lowest BCUT2D eigenvalue weighted by molar-refractivity contribution is 0.866. The number of hydrogen-bond acceptors (Lipinski definition) is 3. The molecule has 0 bridgehead atoms. The van der Waals surface area contributed by atoms with Crippen molar-refractivity contribution in [3.8, 4) is 0 Å². The molecule has 0 saturated carbocycles. The molecule has 0 atom stereocenters. The minimum absolute atomic E-state index is 0. The van der Waals surface area contributed by atoms with Gasteiger partial charge in [-0.1, -0.05) is 18.2 Å². The zero-order valence-electron chi connectivity index (χ0n) is 11.9. The Hall–Kier alpha value is -1.87. The SMILES string of the molecule is CCN(CC)c1ccc(N=Nc2ccccc2)cc1.Cl. The van der Waals surface area contributed by atoms with Crippen LogP contribution in [-0.2, 0) is 0 Å². The molecule has 0 aliphatic rings. The number of nitrogens with zero attached hydrogens (tertiary/aromatic N) is 3. The molecule has 0 heterocycles. The van der Waals surface area contributed by atoms with Gasteiger partial charge in [-0.2, -0.15) is 10.2 Å². The molecule has 20 heavy (non-hydrogen) atoms. The Morgan fingerprint density at radius 3 is 1.75 bits per heavy atom. The topological polar surface area (TPSA) is 28.0 Å². The Kier molecular flexibility index (Phi) is 6.74. The summed E-state index contributed by atoms with van der Waals surface area (Å²) in [5.74, 6) is 0. The second-order valence-corrected chi connectivity index (χ2v) is 4.22. The maximum Gasteiger partial charge on any atom is 0.0858 e. The normalized spacial score (nSPS) is 10.3. The van der Waals surface area contributed by atoms with E-state index in [1.165, 1.54) is 5.69 Å². The Bertz CT molecular complexity index is 519. The smallest absolute Gasteiger partial charge is 0.0858 e. The molecule has 106 valence electrons. The van der Waals surface area contributed by atoms with Crippen LogP contribution in [0.15, 0.2) is 64.8 Å². The van der Waals surface area contributed by atoms with Gasteiger partial charge in [0.15, 0.2) is 0 Å². The number of rotatable bonds is 5. The lowest BCUT2D eigenvalue weighted by atomic mass is 10.2. The van der Waals surface area contributed by atoms with E-state index in [0.717, 1.165) is 24.5 Å². The van der Waals surface area contributed by atoms with E-state index in [2.05, 4.69) is 41.1 Å². The Balaban J connectivity index is 0.00000200. The van der Waals surface area contributed by atoms with Crippen molar-refractivity contribution < 1.29 is 0 Å². The minimum atomic E-state index is 0. The summed E-state index contributed by atoms with van der Waals surface area (Å²) in [6, 6.07) is 17.9. The third kappa shape index (κ3) is 4.35. The van der Waals surface area contributed by atoms with Crippen molar-refractivity contribution in [2.45, 2.75) is 13.8 Å². The first-order valence-electron chi connectivity index (χ1n) is 6.65. The summed E-state index contributed by atoms with van der Waals surface area (Å²) < 4.78 is 0. The molecule has 0 saturated heterocycles. The Morgan fingerprint density at radius 1 is 0.750 bits per heavy atom. The highest BCUT2D eigenvalue weighted by Crippen LogP contribution is 2.21. The van der Waals surface area contributed by atoms with Crippen LogP contribution in [0.1, 0.15) is 13.8 Å². The molecular formula is C16H20ClN3. The fourth-order valence-electron chi connectivity index (χ4n) is 1.93. The average Bonchev–Trinajstić information content (AvgIpc) is 2.49. The minimum Gasteiger partial charge on any atom is -0.372 e. The zero-order valence-corrected chi connectivity index (χ0v) is 12.7. The van der Waals surface area contributed by atoms with Gasteiger partial charge in [-0.25, -0.2) is 0 Å². The Labute approximate surface area is 126 Å². The van der Waals surface area contributed by atoms with Crippen LogP contribution < -0.4 is 4.90 Å². The van der Waals surface area contributed by atoms with E-state index in [-0.39, 0.29) is 12.4 Å². The fourth-order valence-corrected chi connectivity index (χ4v) is 1.93. The molecular weight excluding hydrogens is 270 g/mol. The van der Waals surface area contributed by atoms with Crippen molar-refractivity contribution in [3.63, 3.8) is 0 Å². The molecule has 0 radical (unpaired) electrons. The quantitative estimate of drug-likeness (QED) is 0.680. The first-order valence-corrected chi connectivity index (χ1v) is 6.65. The van der Waals surface area contributed by atoms with Crippen LogP contribution in [0.2, 0.25) is 0 Å². The number of anilines is 1. The van der Waals surface area contributed by atoms with Crippen LogP contribution in [0.5, 0.6) is 0 Å². The summed E-state index contributed by atoms with van der Waals surface area (Å²) in [5.41, 5.74) is 2.97. The first-order chi connectivity index (χ1) is 9.33. The van der Waals surface area contributed by atoms with Crippen LogP contribution >= 0.6 is 12.4 Å². The van der Waals surface area contributed by atoms with Crippen molar-refractivity contribution in [1.29, 1.82) is 0 Å². The summed E-state index contributed by atoms with van der Waals surface area (Å²) in [6.07, 6.45) is 0. The van der Waals surface area contributed by atoms with Crippen molar-refractivity contribution in [1.82, 2.24) is 0 Å². The number of hydrogen-bond donors (Lipinski definition) is 0. The summed E-state index contributed by atoms with van der Waals surface area (Å²) in [7, 11) is 0. The van der Waals surface area contributed by atoms with E-state index in [0.29, 0.717) is 0 Å². The van der Waals surface area contributed by atoms with Gasteiger partial charge >= 0.3 is 0 Å². The van der Waals surface area contributed by atoms with Crippen molar-refractivity contribution in [2.75, 3.05) is 18.0 Å². The predicted octanol–water partition coefficient (Wildman–Crippen LogP) is 5.37. The summed E-state index contributed by atoms with van der Waals surface area (Å²) >= 11 is 0. The van der Waals surface area contributed by atoms with E-state index < -0.39 is 0 Å². The van der Waals surface area contributed by atoms with E-state index in [4.69, 9.17) is 0 Å². The largest absolute Gasteiger partial charge is 0.372 e. The molecule has 0 aromatic heterocycles. The fraction of sp³-hybridized carbons (Fsp3) is 0.250. The third-order valence-corrected chi connectivity index (χ3v) is 3.02. The van der Waals surface area contributed by atoms with Gasteiger partial charge in [0.1, 0.15) is 0 Å². The average molecular weight is 290 g/mol. The van der Waals surface area contributed by atoms with Crippen LogP contribution in [0.25, 0.3) is 0 Å². The summed E-state index contributed by atoms with van der Waals surface area (Å²) in [4.78, 5) is 2.30. The van der Waals surface area contributed by atoms with Crippen LogP contribution in [-0.4, -0.2) is 13.1 Å². The summed E-state index contributed by atoms with van der Waals surface area (Å²) in [6.45, 7) is 6.35. The molecule has 0 unspecified atom stereocenters. The molecule has 0 aliphatic heterocycles.